The molecule has 1 saturated carbocycles. The number of fused-ring (bicyclic) bond motifs is 1. The molecule has 4 aromatic rings. The van der Waals surface area contributed by atoms with Crippen LogP contribution in [-0.2, 0) is 0 Å². The van der Waals surface area contributed by atoms with Crippen molar-refractivity contribution >= 4 is 23.1 Å². The molecule has 36 heavy (non-hydrogen) atoms. The molecule has 0 radical (unpaired) electrons. The van der Waals surface area contributed by atoms with Crippen molar-refractivity contribution in [3.8, 4) is 28.7 Å². The molecule has 0 bridgehead atoms. The first kappa shape index (κ1) is 23.4. The Labute approximate surface area is 208 Å². The van der Waals surface area contributed by atoms with Gasteiger partial charge in [0.1, 0.15) is 17.2 Å². The zero-order valence-electron chi connectivity index (χ0n) is 19.8. The number of methoxy groups -OCH3 is 1. The number of halogens is 1. The highest BCUT2D eigenvalue weighted by Gasteiger charge is 2.20. The predicted octanol–water partition coefficient (Wildman–Crippen LogP) is 6.97. The summed E-state index contributed by atoms with van der Waals surface area (Å²) in [7, 11) is 1.60. The molecular formula is C30H24FNO4. The van der Waals surface area contributed by atoms with Gasteiger partial charge in [0.05, 0.1) is 35.8 Å². The summed E-state index contributed by atoms with van der Waals surface area (Å²) in [5.74, 6) is 1.04. The zero-order valence-corrected chi connectivity index (χ0v) is 19.8. The van der Waals surface area contributed by atoms with E-state index in [9.17, 15) is 9.18 Å². The van der Waals surface area contributed by atoms with Crippen molar-refractivity contribution in [2.75, 3.05) is 7.11 Å². The molecule has 0 spiro atoms. The number of benzene rings is 3. The van der Waals surface area contributed by atoms with Crippen molar-refractivity contribution in [2.24, 2.45) is 0 Å². The molecule has 1 aliphatic carbocycles. The lowest BCUT2D eigenvalue weighted by molar-refractivity contribution is 0.200. The van der Waals surface area contributed by atoms with E-state index in [1.807, 2.05) is 24.3 Å². The maximum atomic E-state index is 13.9. The molecule has 0 aliphatic heterocycles. The van der Waals surface area contributed by atoms with Gasteiger partial charge < -0.3 is 13.9 Å². The smallest absolute Gasteiger partial charge is 0.201 e. The molecule has 5 rings (SSSR count). The Balaban J connectivity index is 1.65. The molecule has 1 heterocycles. The SMILES string of the molecule is COc1cccc(/C=C/c2oc3cc(F)ccc3c(=O)c2-c2ccc(C#N)cc2)c1OC1CCCC1. The average molecular weight is 482 g/mol. The van der Waals surface area contributed by atoms with Crippen molar-refractivity contribution in [3.63, 3.8) is 0 Å². The van der Waals surface area contributed by atoms with Gasteiger partial charge in [0.2, 0.25) is 5.43 Å². The molecule has 180 valence electrons. The van der Waals surface area contributed by atoms with Gasteiger partial charge >= 0.3 is 0 Å². The van der Waals surface area contributed by atoms with Gasteiger partial charge in [-0.25, -0.2) is 4.39 Å². The second-order valence-electron chi connectivity index (χ2n) is 8.74. The lowest BCUT2D eigenvalue weighted by Gasteiger charge is -2.18. The van der Waals surface area contributed by atoms with Gasteiger partial charge in [-0.05, 0) is 73.7 Å². The quantitative estimate of drug-likeness (QED) is 0.297. The minimum atomic E-state index is -0.494. The number of nitriles is 1. The molecule has 0 N–H and O–H groups in total. The second kappa shape index (κ2) is 10.1. The van der Waals surface area contributed by atoms with Gasteiger partial charge in [-0.1, -0.05) is 24.3 Å². The van der Waals surface area contributed by atoms with E-state index in [-0.39, 0.29) is 28.3 Å². The number of rotatable bonds is 6. The Bertz CT molecular complexity index is 1540. The number of nitrogens with zero attached hydrogens (tertiary/aromatic N) is 1. The first-order chi connectivity index (χ1) is 17.6. The fourth-order valence-corrected chi connectivity index (χ4v) is 4.58. The Kier molecular flexibility index (Phi) is 6.55. The van der Waals surface area contributed by atoms with Crippen LogP contribution in [0.25, 0.3) is 34.2 Å². The zero-order chi connectivity index (χ0) is 25.1. The van der Waals surface area contributed by atoms with Crippen LogP contribution < -0.4 is 14.9 Å². The Morgan fingerprint density at radius 1 is 1.06 bits per heavy atom. The number of para-hydroxylation sites is 1. The molecule has 1 fully saturated rings. The largest absolute Gasteiger partial charge is 0.493 e. The highest BCUT2D eigenvalue weighted by atomic mass is 19.1. The number of ether oxygens (including phenoxy) is 2. The van der Waals surface area contributed by atoms with Gasteiger partial charge in [-0.15, -0.1) is 0 Å². The standard InChI is InChI=1S/C30H24FNO4/c1-34-26-8-4-5-21(30(26)35-23-6-2-3-7-23)13-16-25-28(20-11-9-19(18-32)10-12-20)29(33)24-15-14-22(31)17-27(24)36-25/h4-5,8-17,23H,2-3,6-7H2,1H3/b16-13+. The fraction of sp³-hybridized carbons (Fsp3) is 0.200. The van der Waals surface area contributed by atoms with Crippen LogP contribution in [0.4, 0.5) is 4.39 Å². The average Bonchev–Trinajstić information content (AvgIpc) is 3.41. The van der Waals surface area contributed by atoms with E-state index in [1.54, 1.807) is 37.5 Å². The number of hydrogen-bond donors (Lipinski definition) is 0. The highest BCUT2D eigenvalue weighted by Crippen LogP contribution is 2.36. The maximum Gasteiger partial charge on any atom is 0.201 e. The van der Waals surface area contributed by atoms with Crippen molar-refractivity contribution in [1.29, 1.82) is 5.26 Å². The second-order valence-corrected chi connectivity index (χ2v) is 8.74. The van der Waals surface area contributed by atoms with Crippen molar-refractivity contribution in [2.45, 2.75) is 31.8 Å². The molecule has 6 heteroatoms. The normalized spacial score (nSPS) is 13.8. The fourth-order valence-electron chi connectivity index (χ4n) is 4.58. The monoisotopic (exact) mass is 481 g/mol. The molecule has 5 nitrogen and oxygen atoms in total. The van der Waals surface area contributed by atoms with Crippen LogP contribution in [0.2, 0.25) is 0 Å². The van der Waals surface area contributed by atoms with E-state index in [4.69, 9.17) is 19.2 Å². The van der Waals surface area contributed by atoms with Crippen molar-refractivity contribution in [1.82, 2.24) is 0 Å². The number of hydrogen-bond acceptors (Lipinski definition) is 5. The van der Waals surface area contributed by atoms with Gasteiger partial charge in [0.25, 0.3) is 0 Å². The first-order valence-corrected chi connectivity index (χ1v) is 11.9. The Hall–Kier alpha value is -4.37. The topological polar surface area (TPSA) is 72.5 Å². The summed E-state index contributed by atoms with van der Waals surface area (Å²) in [6.45, 7) is 0. The van der Waals surface area contributed by atoms with Gasteiger partial charge in [-0.2, -0.15) is 5.26 Å². The third kappa shape index (κ3) is 4.60. The Morgan fingerprint density at radius 2 is 1.83 bits per heavy atom. The molecule has 0 amide bonds. The maximum absolute atomic E-state index is 13.9. The van der Waals surface area contributed by atoms with E-state index in [2.05, 4.69) is 6.07 Å². The van der Waals surface area contributed by atoms with E-state index in [0.717, 1.165) is 31.2 Å². The summed E-state index contributed by atoms with van der Waals surface area (Å²) in [5, 5.41) is 9.43. The molecule has 1 aliphatic rings. The molecule has 0 saturated heterocycles. The molecule has 3 aromatic carbocycles. The predicted molar refractivity (Wildman–Crippen MR) is 137 cm³/mol. The molecular weight excluding hydrogens is 457 g/mol. The minimum absolute atomic E-state index is 0.129. The van der Waals surface area contributed by atoms with Crippen LogP contribution in [0.1, 0.15) is 42.6 Å². The lowest BCUT2D eigenvalue weighted by atomic mass is 10.00. The van der Waals surface area contributed by atoms with Gasteiger partial charge in [-0.3, -0.25) is 4.79 Å². The molecule has 0 atom stereocenters. The molecule has 1 aromatic heterocycles. The van der Waals surface area contributed by atoms with Crippen molar-refractivity contribution < 1.29 is 18.3 Å². The van der Waals surface area contributed by atoms with Crippen LogP contribution in [0, 0.1) is 17.1 Å². The van der Waals surface area contributed by atoms with Crippen molar-refractivity contribution in [3.05, 3.63) is 93.6 Å². The lowest BCUT2D eigenvalue weighted by Crippen LogP contribution is -2.12. The van der Waals surface area contributed by atoms with Gasteiger partial charge in [0.15, 0.2) is 11.5 Å². The van der Waals surface area contributed by atoms with Gasteiger partial charge in [0, 0.05) is 11.6 Å². The summed E-state index contributed by atoms with van der Waals surface area (Å²) >= 11 is 0. The molecule has 0 unspecified atom stereocenters. The highest BCUT2D eigenvalue weighted by molar-refractivity contribution is 5.87. The van der Waals surface area contributed by atoms with E-state index in [0.29, 0.717) is 28.2 Å². The third-order valence-electron chi connectivity index (χ3n) is 6.41. The van der Waals surface area contributed by atoms with Crippen LogP contribution >= 0.6 is 0 Å². The van der Waals surface area contributed by atoms with Crippen LogP contribution in [0.3, 0.4) is 0 Å². The van der Waals surface area contributed by atoms with E-state index in [1.165, 1.54) is 18.2 Å². The summed E-state index contributed by atoms with van der Waals surface area (Å²) in [5.41, 5.74) is 2.05. The summed E-state index contributed by atoms with van der Waals surface area (Å²) in [6.07, 6.45) is 7.89. The van der Waals surface area contributed by atoms with E-state index >= 15 is 0 Å². The Morgan fingerprint density at radius 3 is 2.56 bits per heavy atom. The third-order valence-corrected chi connectivity index (χ3v) is 6.41. The van der Waals surface area contributed by atoms with E-state index < -0.39 is 5.82 Å². The summed E-state index contributed by atoms with van der Waals surface area (Å²) < 4.78 is 31.9. The summed E-state index contributed by atoms with van der Waals surface area (Å²) in [4.78, 5) is 13.5. The first-order valence-electron chi connectivity index (χ1n) is 11.9. The van der Waals surface area contributed by atoms with Crippen LogP contribution in [0.5, 0.6) is 11.5 Å². The summed E-state index contributed by atoms with van der Waals surface area (Å²) in [6, 6.07) is 18.3. The van der Waals surface area contributed by atoms with Crippen LogP contribution in [-0.4, -0.2) is 13.2 Å². The van der Waals surface area contributed by atoms with Crippen LogP contribution in [0.15, 0.2) is 69.9 Å². The minimum Gasteiger partial charge on any atom is -0.493 e.